The number of benzene rings is 1. The molecule has 1 spiro atoms. The monoisotopic (exact) mass is 324 g/mol. The highest BCUT2D eigenvalue weighted by atomic mass is 16.5. The van der Waals surface area contributed by atoms with E-state index < -0.39 is 0 Å². The fourth-order valence-electron chi connectivity index (χ4n) is 7.50. The van der Waals surface area contributed by atoms with Crippen molar-refractivity contribution >= 4 is 5.78 Å². The van der Waals surface area contributed by atoms with Crippen LogP contribution in [0.5, 0.6) is 5.75 Å². The van der Waals surface area contributed by atoms with Crippen molar-refractivity contribution in [3.05, 3.63) is 29.3 Å². The molecule has 2 bridgehead atoms. The van der Waals surface area contributed by atoms with Crippen LogP contribution >= 0.6 is 0 Å². The average Bonchev–Trinajstić information content (AvgIpc) is 3.04. The Morgan fingerprint density at radius 1 is 1.12 bits per heavy atom. The van der Waals surface area contributed by atoms with Crippen LogP contribution in [-0.2, 0) is 11.2 Å². The van der Waals surface area contributed by atoms with Crippen LogP contribution in [0.1, 0.15) is 69.4 Å². The molecule has 3 fully saturated rings. The van der Waals surface area contributed by atoms with Crippen molar-refractivity contribution in [2.24, 2.45) is 22.2 Å². The number of hydrogen-bond donors (Lipinski definition) is 0. The summed E-state index contributed by atoms with van der Waals surface area (Å²) >= 11 is 0. The van der Waals surface area contributed by atoms with Crippen molar-refractivity contribution in [2.75, 3.05) is 7.11 Å². The lowest BCUT2D eigenvalue weighted by atomic mass is 9.46. The van der Waals surface area contributed by atoms with Crippen molar-refractivity contribution in [2.45, 2.75) is 64.7 Å². The molecule has 2 nitrogen and oxygen atoms in total. The van der Waals surface area contributed by atoms with Gasteiger partial charge in [0.25, 0.3) is 0 Å². The zero-order valence-electron chi connectivity index (χ0n) is 15.2. The number of carbonyl (C=O) groups excluding carboxylic acids is 1. The summed E-state index contributed by atoms with van der Waals surface area (Å²) in [5.74, 6) is 2.93. The van der Waals surface area contributed by atoms with Crippen LogP contribution in [0.2, 0.25) is 0 Å². The predicted octanol–water partition coefficient (Wildman–Crippen LogP) is 4.90. The highest BCUT2D eigenvalue weighted by Crippen LogP contribution is 2.76. The zero-order valence-corrected chi connectivity index (χ0v) is 15.2. The number of hydrogen-bond acceptors (Lipinski definition) is 2. The van der Waals surface area contributed by atoms with Gasteiger partial charge in [-0.15, -0.1) is 0 Å². The molecule has 5 atom stereocenters. The Balaban J connectivity index is 1.60. The minimum atomic E-state index is -0.0505. The molecule has 128 valence electrons. The molecular formula is C22H28O2. The highest BCUT2D eigenvalue weighted by Gasteiger charge is 2.73. The van der Waals surface area contributed by atoms with Crippen LogP contribution in [0.25, 0.3) is 0 Å². The predicted molar refractivity (Wildman–Crippen MR) is 94.3 cm³/mol. The van der Waals surface area contributed by atoms with Crippen LogP contribution in [0.4, 0.5) is 0 Å². The van der Waals surface area contributed by atoms with Gasteiger partial charge in [-0.1, -0.05) is 19.9 Å². The largest absolute Gasteiger partial charge is 0.497 e. The minimum Gasteiger partial charge on any atom is -0.497 e. The fourth-order valence-corrected chi connectivity index (χ4v) is 7.50. The quantitative estimate of drug-likeness (QED) is 0.734. The smallest absolute Gasteiger partial charge is 0.145 e. The molecule has 4 aliphatic carbocycles. The summed E-state index contributed by atoms with van der Waals surface area (Å²) < 4.78 is 5.43. The topological polar surface area (TPSA) is 26.3 Å². The standard InChI is InChI=1S/C22H28O2/c1-20-10-11-22(13-20)18-7-4-14-12-15(24-3)5-6-16(14)17(18)8-9-21(22,2)19(20)23/h5-6,12,17-18H,4,7-11,13H2,1-3H3/t17-,18-,20-,21-,22+/m1/s1. The summed E-state index contributed by atoms with van der Waals surface area (Å²) in [5, 5.41) is 0. The molecule has 2 heteroatoms. The van der Waals surface area contributed by atoms with Crippen molar-refractivity contribution in [3.63, 3.8) is 0 Å². The van der Waals surface area contributed by atoms with Gasteiger partial charge in [0.05, 0.1) is 7.11 Å². The van der Waals surface area contributed by atoms with Crippen LogP contribution in [0, 0.1) is 22.2 Å². The molecule has 24 heavy (non-hydrogen) atoms. The number of fused-ring (bicyclic) bond motifs is 4. The molecule has 0 amide bonds. The van der Waals surface area contributed by atoms with Gasteiger partial charge in [-0.25, -0.2) is 0 Å². The molecule has 0 aliphatic heterocycles. The maximum atomic E-state index is 13.2. The molecule has 0 aromatic heterocycles. The number of ketones is 1. The van der Waals surface area contributed by atoms with Gasteiger partial charge in [-0.3, -0.25) is 4.79 Å². The SMILES string of the molecule is COc1ccc2c(c1)CC[C@@H]1[C@@H]2CC[C@]2(C)C(=O)[C@]3(C)CC[C@]12C3. The number of aryl methyl sites for hydroxylation is 1. The van der Waals surface area contributed by atoms with Crippen LogP contribution in [0.15, 0.2) is 18.2 Å². The number of rotatable bonds is 1. The van der Waals surface area contributed by atoms with Crippen molar-refractivity contribution < 1.29 is 9.53 Å². The van der Waals surface area contributed by atoms with Gasteiger partial charge in [0.15, 0.2) is 0 Å². The van der Waals surface area contributed by atoms with Crippen LogP contribution in [0.3, 0.4) is 0 Å². The van der Waals surface area contributed by atoms with Crippen molar-refractivity contribution in [1.82, 2.24) is 0 Å². The first-order chi connectivity index (χ1) is 11.4. The second-order valence-electron chi connectivity index (χ2n) is 9.41. The van der Waals surface area contributed by atoms with Crippen LogP contribution < -0.4 is 4.74 Å². The van der Waals surface area contributed by atoms with Gasteiger partial charge >= 0.3 is 0 Å². The molecule has 0 saturated heterocycles. The number of carbonyl (C=O) groups is 1. The van der Waals surface area contributed by atoms with Gasteiger partial charge in [0.1, 0.15) is 11.5 Å². The van der Waals surface area contributed by atoms with E-state index in [4.69, 9.17) is 4.74 Å². The van der Waals surface area contributed by atoms with Gasteiger partial charge in [-0.05, 0) is 85.5 Å². The Kier molecular flexibility index (Phi) is 2.78. The first kappa shape index (κ1) is 15.0. The van der Waals surface area contributed by atoms with E-state index in [-0.39, 0.29) is 16.2 Å². The molecule has 0 heterocycles. The van der Waals surface area contributed by atoms with E-state index in [1.165, 1.54) is 24.8 Å². The van der Waals surface area contributed by atoms with E-state index in [1.54, 1.807) is 12.7 Å². The van der Waals surface area contributed by atoms with Gasteiger partial charge < -0.3 is 4.74 Å². The summed E-state index contributed by atoms with van der Waals surface area (Å²) in [4.78, 5) is 13.2. The van der Waals surface area contributed by atoms with E-state index in [0.29, 0.717) is 17.6 Å². The summed E-state index contributed by atoms with van der Waals surface area (Å²) in [7, 11) is 1.75. The Hall–Kier alpha value is -1.31. The van der Waals surface area contributed by atoms with Gasteiger partial charge in [0, 0.05) is 10.8 Å². The minimum absolute atomic E-state index is 0.0240. The Morgan fingerprint density at radius 2 is 1.96 bits per heavy atom. The Bertz CT molecular complexity index is 737. The Morgan fingerprint density at radius 3 is 2.75 bits per heavy atom. The number of methoxy groups -OCH3 is 1. The molecule has 1 aromatic carbocycles. The zero-order chi connectivity index (χ0) is 16.7. The molecule has 5 rings (SSSR count). The van der Waals surface area contributed by atoms with E-state index in [0.717, 1.165) is 31.4 Å². The maximum absolute atomic E-state index is 13.2. The molecule has 4 aliphatic rings. The van der Waals surface area contributed by atoms with Crippen molar-refractivity contribution in [1.29, 1.82) is 0 Å². The lowest BCUT2D eigenvalue weighted by Gasteiger charge is -2.57. The van der Waals surface area contributed by atoms with E-state index in [2.05, 4.69) is 32.0 Å². The molecule has 0 N–H and O–H groups in total. The number of Topliss-reactive ketones (excluding diaryl/α,β-unsaturated/α-hetero) is 1. The molecule has 0 unspecified atom stereocenters. The second-order valence-corrected chi connectivity index (χ2v) is 9.41. The summed E-state index contributed by atoms with van der Waals surface area (Å²) in [6, 6.07) is 6.69. The third-order valence-electron chi connectivity index (χ3n) is 8.60. The molecule has 3 saturated carbocycles. The first-order valence-corrected chi connectivity index (χ1v) is 9.65. The summed E-state index contributed by atoms with van der Waals surface area (Å²) in [6.07, 6.45) is 8.23. The van der Waals surface area contributed by atoms with Gasteiger partial charge in [0.2, 0.25) is 0 Å². The van der Waals surface area contributed by atoms with E-state index >= 15 is 0 Å². The lowest BCUT2D eigenvalue weighted by molar-refractivity contribution is -0.146. The van der Waals surface area contributed by atoms with E-state index in [1.807, 2.05) is 0 Å². The lowest BCUT2D eigenvalue weighted by Crippen LogP contribution is -2.53. The molecular weight excluding hydrogens is 296 g/mol. The van der Waals surface area contributed by atoms with Gasteiger partial charge in [-0.2, -0.15) is 0 Å². The molecule has 0 radical (unpaired) electrons. The van der Waals surface area contributed by atoms with Crippen LogP contribution in [-0.4, -0.2) is 12.9 Å². The van der Waals surface area contributed by atoms with Crippen molar-refractivity contribution in [3.8, 4) is 5.75 Å². The normalized spacial score (nSPS) is 45.5. The Labute approximate surface area is 145 Å². The third-order valence-corrected chi connectivity index (χ3v) is 8.60. The summed E-state index contributed by atoms with van der Waals surface area (Å²) in [6.45, 7) is 4.57. The number of ether oxygens (including phenoxy) is 1. The second kappa shape index (κ2) is 4.45. The maximum Gasteiger partial charge on any atom is 0.145 e. The molecule has 1 aromatic rings. The average molecular weight is 324 g/mol. The third kappa shape index (κ3) is 1.52. The first-order valence-electron chi connectivity index (χ1n) is 9.65. The highest BCUT2D eigenvalue weighted by molar-refractivity contribution is 5.94. The fraction of sp³-hybridized carbons (Fsp3) is 0.682. The summed E-state index contributed by atoms with van der Waals surface area (Å²) in [5.41, 5.74) is 3.24. The van der Waals surface area contributed by atoms with E-state index in [9.17, 15) is 4.79 Å².